The summed E-state index contributed by atoms with van der Waals surface area (Å²) in [5, 5.41) is 0. The number of piperidine rings is 1. The molecule has 0 radical (unpaired) electrons. The third kappa shape index (κ3) is 3.23. The SMILES string of the molecule is CCOc1cccc2c1OCC(CN1CCC(C)CC1)C2N. The molecule has 2 aliphatic heterocycles. The molecule has 4 heteroatoms. The van der Waals surface area contributed by atoms with Crippen molar-refractivity contribution < 1.29 is 9.47 Å². The van der Waals surface area contributed by atoms with Crippen molar-refractivity contribution >= 4 is 0 Å². The second-order valence-electron chi connectivity index (χ2n) is 6.69. The molecule has 1 aromatic carbocycles. The van der Waals surface area contributed by atoms with Crippen molar-refractivity contribution in [3.05, 3.63) is 23.8 Å². The average molecular weight is 304 g/mol. The summed E-state index contributed by atoms with van der Waals surface area (Å²) in [7, 11) is 0. The lowest BCUT2D eigenvalue weighted by Crippen LogP contribution is -2.43. The van der Waals surface area contributed by atoms with E-state index < -0.39 is 0 Å². The van der Waals surface area contributed by atoms with Crippen LogP contribution in [0.5, 0.6) is 11.5 Å². The van der Waals surface area contributed by atoms with E-state index in [0.717, 1.165) is 29.5 Å². The predicted molar refractivity (Wildman–Crippen MR) is 88.4 cm³/mol. The Kier molecular flexibility index (Phi) is 4.89. The van der Waals surface area contributed by atoms with Crippen molar-refractivity contribution in [1.82, 2.24) is 4.90 Å². The molecule has 2 heterocycles. The molecule has 0 aromatic heterocycles. The van der Waals surface area contributed by atoms with Gasteiger partial charge in [-0.3, -0.25) is 0 Å². The van der Waals surface area contributed by atoms with Crippen LogP contribution in [0.25, 0.3) is 0 Å². The van der Waals surface area contributed by atoms with Gasteiger partial charge >= 0.3 is 0 Å². The molecule has 3 rings (SSSR count). The van der Waals surface area contributed by atoms with Gasteiger partial charge in [0.25, 0.3) is 0 Å². The topological polar surface area (TPSA) is 47.7 Å². The zero-order valence-electron chi connectivity index (χ0n) is 13.8. The Labute approximate surface area is 133 Å². The van der Waals surface area contributed by atoms with Gasteiger partial charge in [0.2, 0.25) is 0 Å². The van der Waals surface area contributed by atoms with Crippen molar-refractivity contribution in [3.63, 3.8) is 0 Å². The number of benzene rings is 1. The van der Waals surface area contributed by atoms with Crippen LogP contribution in [0.1, 0.15) is 38.3 Å². The van der Waals surface area contributed by atoms with Gasteiger partial charge in [0.15, 0.2) is 11.5 Å². The molecule has 4 nitrogen and oxygen atoms in total. The van der Waals surface area contributed by atoms with Crippen LogP contribution in [0.4, 0.5) is 0 Å². The molecule has 1 aromatic rings. The Morgan fingerprint density at radius 3 is 2.82 bits per heavy atom. The molecule has 1 saturated heterocycles. The number of hydrogen-bond acceptors (Lipinski definition) is 4. The maximum absolute atomic E-state index is 6.54. The van der Waals surface area contributed by atoms with E-state index in [1.807, 2.05) is 19.1 Å². The molecule has 0 spiro atoms. The minimum absolute atomic E-state index is 0.0310. The van der Waals surface area contributed by atoms with Crippen molar-refractivity contribution in [2.45, 2.75) is 32.7 Å². The maximum Gasteiger partial charge on any atom is 0.165 e. The molecule has 122 valence electrons. The van der Waals surface area contributed by atoms with Gasteiger partial charge in [0, 0.05) is 24.1 Å². The molecule has 0 bridgehead atoms. The Morgan fingerprint density at radius 2 is 2.09 bits per heavy atom. The Bertz CT molecular complexity index is 498. The van der Waals surface area contributed by atoms with Gasteiger partial charge in [-0.15, -0.1) is 0 Å². The number of likely N-dealkylation sites (tertiary alicyclic amines) is 1. The molecule has 2 aliphatic rings. The first-order valence-corrected chi connectivity index (χ1v) is 8.55. The van der Waals surface area contributed by atoms with Crippen LogP contribution in [0.2, 0.25) is 0 Å². The number of fused-ring (bicyclic) bond motifs is 1. The monoisotopic (exact) mass is 304 g/mol. The first kappa shape index (κ1) is 15.6. The van der Waals surface area contributed by atoms with Gasteiger partial charge in [0.1, 0.15) is 0 Å². The highest BCUT2D eigenvalue weighted by Crippen LogP contribution is 2.40. The fourth-order valence-corrected chi connectivity index (χ4v) is 3.51. The van der Waals surface area contributed by atoms with E-state index in [-0.39, 0.29) is 6.04 Å². The van der Waals surface area contributed by atoms with Crippen LogP contribution >= 0.6 is 0 Å². The van der Waals surface area contributed by atoms with E-state index in [0.29, 0.717) is 19.1 Å². The summed E-state index contributed by atoms with van der Waals surface area (Å²) in [6.45, 7) is 9.08. The summed E-state index contributed by atoms with van der Waals surface area (Å²) in [5.74, 6) is 2.89. The van der Waals surface area contributed by atoms with Crippen LogP contribution in [-0.4, -0.2) is 37.7 Å². The van der Waals surface area contributed by atoms with Gasteiger partial charge in [-0.05, 0) is 44.8 Å². The summed E-state index contributed by atoms with van der Waals surface area (Å²) in [6.07, 6.45) is 2.60. The number of ether oxygens (including phenoxy) is 2. The van der Waals surface area contributed by atoms with Gasteiger partial charge in [-0.1, -0.05) is 19.1 Å². The first-order chi connectivity index (χ1) is 10.7. The zero-order chi connectivity index (χ0) is 15.5. The zero-order valence-corrected chi connectivity index (χ0v) is 13.8. The molecular weight excluding hydrogens is 276 g/mol. The number of nitrogens with zero attached hydrogens (tertiary/aromatic N) is 1. The van der Waals surface area contributed by atoms with Crippen LogP contribution in [0, 0.1) is 11.8 Å². The van der Waals surface area contributed by atoms with E-state index in [2.05, 4.69) is 17.9 Å². The van der Waals surface area contributed by atoms with E-state index in [1.165, 1.54) is 25.9 Å². The van der Waals surface area contributed by atoms with Crippen molar-refractivity contribution in [3.8, 4) is 11.5 Å². The van der Waals surface area contributed by atoms with Crippen LogP contribution < -0.4 is 15.2 Å². The molecule has 22 heavy (non-hydrogen) atoms. The Hall–Kier alpha value is -1.26. The number of hydrogen-bond donors (Lipinski definition) is 1. The molecule has 2 N–H and O–H groups in total. The van der Waals surface area contributed by atoms with Gasteiger partial charge in [-0.25, -0.2) is 0 Å². The fourth-order valence-electron chi connectivity index (χ4n) is 3.51. The lowest BCUT2D eigenvalue weighted by atomic mass is 9.89. The van der Waals surface area contributed by atoms with Crippen molar-refractivity contribution in [2.75, 3.05) is 32.8 Å². The Morgan fingerprint density at radius 1 is 1.32 bits per heavy atom. The summed E-state index contributed by atoms with van der Waals surface area (Å²) in [5.41, 5.74) is 7.63. The third-order valence-electron chi connectivity index (χ3n) is 4.99. The van der Waals surface area contributed by atoms with Gasteiger partial charge in [-0.2, -0.15) is 0 Å². The summed E-state index contributed by atoms with van der Waals surface area (Å²) in [6, 6.07) is 6.08. The summed E-state index contributed by atoms with van der Waals surface area (Å²) < 4.78 is 11.7. The fraction of sp³-hybridized carbons (Fsp3) is 0.667. The third-order valence-corrected chi connectivity index (χ3v) is 4.99. The van der Waals surface area contributed by atoms with Crippen molar-refractivity contribution in [1.29, 1.82) is 0 Å². The lowest BCUT2D eigenvalue weighted by molar-refractivity contribution is 0.111. The molecule has 2 unspecified atom stereocenters. The quantitative estimate of drug-likeness (QED) is 0.929. The van der Waals surface area contributed by atoms with Crippen LogP contribution in [0.15, 0.2) is 18.2 Å². The number of rotatable bonds is 4. The van der Waals surface area contributed by atoms with E-state index >= 15 is 0 Å². The highest BCUT2D eigenvalue weighted by atomic mass is 16.5. The summed E-state index contributed by atoms with van der Waals surface area (Å²) >= 11 is 0. The number of nitrogens with two attached hydrogens (primary N) is 1. The van der Waals surface area contributed by atoms with E-state index in [9.17, 15) is 0 Å². The highest BCUT2D eigenvalue weighted by Gasteiger charge is 2.32. The molecule has 1 fully saturated rings. The normalized spacial score (nSPS) is 26.3. The minimum atomic E-state index is 0.0310. The Balaban J connectivity index is 1.69. The second-order valence-corrected chi connectivity index (χ2v) is 6.69. The molecule has 2 atom stereocenters. The predicted octanol–water partition coefficient (Wildman–Crippen LogP) is 2.83. The van der Waals surface area contributed by atoms with Gasteiger partial charge < -0.3 is 20.1 Å². The van der Waals surface area contributed by atoms with Crippen molar-refractivity contribution in [2.24, 2.45) is 17.6 Å². The molecule has 0 amide bonds. The second kappa shape index (κ2) is 6.88. The van der Waals surface area contributed by atoms with Crippen LogP contribution in [-0.2, 0) is 0 Å². The molecule has 0 saturated carbocycles. The van der Waals surface area contributed by atoms with Crippen LogP contribution in [0.3, 0.4) is 0 Å². The smallest absolute Gasteiger partial charge is 0.165 e. The maximum atomic E-state index is 6.54. The van der Waals surface area contributed by atoms with Gasteiger partial charge in [0.05, 0.1) is 13.2 Å². The summed E-state index contributed by atoms with van der Waals surface area (Å²) in [4.78, 5) is 2.55. The largest absolute Gasteiger partial charge is 0.490 e. The lowest BCUT2D eigenvalue weighted by Gasteiger charge is -2.37. The highest BCUT2D eigenvalue weighted by molar-refractivity contribution is 5.49. The average Bonchev–Trinajstić information content (AvgIpc) is 2.53. The molecular formula is C18H28N2O2. The molecule has 0 aliphatic carbocycles. The standard InChI is InChI=1S/C18H28N2O2/c1-3-21-16-6-4-5-15-17(19)14(12-22-18(15)16)11-20-9-7-13(2)8-10-20/h4-6,13-14,17H,3,7-12,19H2,1-2H3. The number of para-hydroxylation sites is 1. The minimum Gasteiger partial charge on any atom is -0.490 e. The first-order valence-electron chi connectivity index (χ1n) is 8.55. The van der Waals surface area contributed by atoms with E-state index in [1.54, 1.807) is 0 Å². The van der Waals surface area contributed by atoms with E-state index in [4.69, 9.17) is 15.2 Å².